The van der Waals surface area contributed by atoms with Gasteiger partial charge >= 0.3 is 0 Å². The van der Waals surface area contributed by atoms with E-state index in [1.54, 1.807) is 50.2 Å². The molecule has 3 rings (SSSR count). The third kappa shape index (κ3) is 5.80. The molecule has 8 heteroatoms. The minimum absolute atomic E-state index is 0.0216. The molecule has 1 aliphatic rings. The molecule has 0 unspecified atom stereocenters. The van der Waals surface area contributed by atoms with Crippen molar-refractivity contribution < 1.29 is 18.0 Å². The summed E-state index contributed by atoms with van der Waals surface area (Å²) in [7, 11) is -3.78. The Labute approximate surface area is 171 Å². The molecule has 2 amide bonds. The number of carbonyl (C=O) groups is 2. The van der Waals surface area contributed by atoms with Crippen LogP contribution in [0.5, 0.6) is 0 Å². The molecule has 1 aliphatic carbocycles. The highest BCUT2D eigenvalue weighted by molar-refractivity contribution is 7.92. The van der Waals surface area contributed by atoms with E-state index in [2.05, 4.69) is 15.4 Å². The van der Waals surface area contributed by atoms with Gasteiger partial charge in [-0.1, -0.05) is 19.1 Å². The molecule has 1 fully saturated rings. The van der Waals surface area contributed by atoms with Gasteiger partial charge in [-0.05, 0) is 61.2 Å². The normalized spacial score (nSPS) is 13.6. The minimum atomic E-state index is -3.78. The summed E-state index contributed by atoms with van der Waals surface area (Å²) in [5.74, 6) is -0.157. The van der Waals surface area contributed by atoms with Crippen molar-refractivity contribution in [1.82, 2.24) is 5.32 Å². The first-order valence-electron chi connectivity index (χ1n) is 9.58. The van der Waals surface area contributed by atoms with Gasteiger partial charge in [0, 0.05) is 23.8 Å². The van der Waals surface area contributed by atoms with Crippen molar-refractivity contribution in [3.05, 3.63) is 53.6 Å². The van der Waals surface area contributed by atoms with Gasteiger partial charge in [-0.2, -0.15) is 0 Å². The van der Waals surface area contributed by atoms with E-state index < -0.39 is 10.0 Å². The van der Waals surface area contributed by atoms with E-state index in [1.165, 1.54) is 6.07 Å². The predicted octanol–water partition coefficient (Wildman–Crippen LogP) is 2.97. The molecule has 7 nitrogen and oxygen atoms in total. The van der Waals surface area contributed by atoms with E-state index >= 15 is 0 Å². The third-order valence-electron chi connectivity index (χ3n) is 4.58. The zero-order valence-corrected chi connectivity index (χ0v) is 17.3. The second-order valence-corrected chi connectivity index (χ2v) is 8.85. The predicted molar refractivity (Wildman–Crippen MR) is 112 cm³/mol. The van der Waals surface area contributed by atoms with E-state index in [9.17, 15) is 18.0 Å². The fourth-order valence-electron chi connectivity index (χ4n) is 2.87. The van der Waals surface area contributed by atoms with Crippen LogP contribution in [0.2, 0.25) is 0 Å². The average molecular weight is 416 g/mol. The summed E-state index contributed by atoms with van der Waals surface area (Å²) >= 11 is 0. The highest BCUT2D eigenvalue weighted by atomic mass is 32.2. The lowest BCUT2D eigenvalue weighted by atomic mass is 10.1. The zero-order chi connectivity index (χ0) is 21.0. The molecule has 2 aromatic carbocycles. The van der Waals surface area contributed by atoms with Crippen molar-refractivity contribution in [2.75, 3.05) is 10.0 Å². The van der Waals surface area contributed by atoms with Gasteiger partial charge in [0.25, 0.3) is 10.0 Å². The molecule has 1 saturated carbocycles. The van der Waals surface area contributed by atoms with Gasteiger partial charge in [-0.3, -0.25) is 14.3 Å². The van der Waals surface area contributed by atoms with Crippen LogP contribution in [0.25, 0.3) is 0 Å². The molecular weight excluding hydrogens is 390 g/mol. The molecular formula is C21H25N3O4S. The topological polar surface area (TPSA) is 104 Å². The molecule has 0 aliphatic heterocycles. The summed E-state index contributed by atoms with van der Waals surface area (Å²) < 4.78 is 28.0. The van der Waals surface area contributed by atoms with Crippen LogP contribution in [-0.2, 0) is 26.0 Å². The Morgan fingerprint density at radius 3 is 2.24 bits per heavy atom. The van der Waals surface area contributed by atoms with Crippen LogP contribution < -0.4 is 15.4 Å². The van der Waals surface area contributed by atoms with E-state index in [0.29, 0.717) is 29.4 Å². The van der Waals surface area contributed by atoms with Gasteiger partial charge < -0.3 is 10.6 Å². The summed E-state index contributed by atoms with van der Waals surface area (Å²) in [5.41, 5.74) is 2.32. The van der Waals surface area contributed by atoms with Crippen LogP contribution in [0, 0.1) is 6.92 Å². The average Bonchev–Trinajstić information content (AvgIpc) is 3.46. The lowest BCUT2D eigenvalue weighted by Gasteiger charge is -2.12. The highest BCUT2D eigenvalue weighted by Crippen LogP contribution is 2.23. The Bertz CT molecular complexity index is 1010. The summed E-state index contributed by atoms with van der Waals surface area (Å²) in [6.45, 7) is 3.42. The Balaban J connectivity index is 1.66. The molecule has 0 saturated heterocycles. The quantitative estimate of drug-likeness (QED) is 0.616. The summed E-state index contributed by atoms with van der Waals surface area (Å²) in [5, 5.41) is 5.64. The van der Waals surface area contributed by atoms with Crippen molar-refractivity contribution in [1.29, 1.82) is 0 Å². The molecule has 0 spiro atoms. The van der Waals surface area contributed by atoms with Crippen LogP contribution in [0.1, 0.15) is 37.3 Å². The molecule has 0 radical (unpaired) electrons. The minimum Gasteiger partial charge on any atom is -0.353 e. The lowest BCUT2D eigenvalue weighted by molar-refractivity contribution is -0.120. The number of anilines is 2. The van der Waals surface area contributed by atoms with E-state index in [0.717, 1.165) is 18.4 Å². The number of carbonyl (C=O) groups excluding carboxylic acids is 2. The number of amides is 2. The number of hydrogen-bond acceptors (Lipinski definition) is 4. The molecule has 154 valence electrons. The summed E-state index contributed by atoms with van der Waals surface area (Å²) in [6.07, 6.45) is 2.70. The third-order valence-corrected chi connectivity index (χ3v) is 6.12. The second-order valence-electron chi connectivity index (χ2n) is 7.20. The number of aryl methyl sites for hydroxylation is 1. The molecule has 0 aromatic heterocycles. The second kappa shape index (κ2) is 8.65. The maximum atomic E-state index is 12.7. The van der Waals surface area contributed by atoms with Crippen LogP contribution in [0.4, 0.5) is 11.4 Å². The number of nitrogens with one attached hydrogen (secondary N) is 3. The lowest BCUT2D eigenvalue weighted by Crippen LogP contribution is -2.26. The maximum absolute atomic E-state index is 12.7. The summed E-state index contributed by atoms with van der Waals surface area (Å²) in [6, 6.07) is 11.7. The van der Waals surface area contributed by atoms with Crippen molar-refractivity contribution in [3.63, 3.8) is 0 Å². The molecule has 29 heavy (non-hydrogen) atoms. The Morgan fingerprint density at radius 1 is 1.00 bits per heavy atom. The van der Waals surface area contributed by atoms with E-state index in [1.807, 2.05) is 0 Å². The monoisotopic (exact) mass is 415 g/mol. The van der Waals surface area contributed by atoms with Crippen molar-refractivity contribution in [3.8, 4) is 0 Å². The van der Waals surface area contributed by atoms with Gasteiger partial charge in [0.2, 0.25) is 11.8 Å². The Kier molecular flexibility index (Phi) is 6.22. The molecule has 0 bridgehead atoms. The Morgan fingerprint density at radius 2 is 1.66 bits per heavy atom. The van der Waals surface area contributed by atoms with Crippen LogP contribution in [0.15, 0.2) is 47.4 Å². The van der Waals surface area contributed by atoms with Crippen molar-refractivity contribution >= 4 is 33.2 Å². The molecule has 2 aromatic rings. The van der Waals surface area contributed by atoms with Crippen LogP contribution in [-0.4, -0.2) is 26.3 Å². The highest BCUT2D eigenvalue weighted by Gasteiger charge is 2.23. The van der Waals surface area contributed by atoms with Gasteiger partial charge in [-0.15, -0.1) is 0 Å². The van der Waals surface area contributed by atoms with Crippen molar-refractivity contribution in [2.24, 2.45) is 0 Å². The molecule has 3 N–H and O–H groups in total. The fourth-order valence-corrected chi connectivity index (χ4v) is 4.16. The summed E-state index contributed by atoms with van der Waals surface area (Å²) in [4.78, 5) is 23.5. The molecule has 0 atom stereocenters. The van der Waals surface area contributed by atoms with Gasteiger partial charge in [0.15, 0.2) is 0 Å². The van der Waals surface area contributed by atoms with Gasteiger partial charge in [-0.25, -0.2) is 8.42 Å². The Hall–Kier alpha value is -2.87. The van der Waals surface area contributed by atoms with E-state index in [4.69, 9.17) is 0 Å². The number of hydrogen-bond donors (Lipinski definition) is 3. The SMILES string of the molecule is CCC(=O)Nc1ccc(S(=O)(=O)Nc2ccc(CC(=O)NC3CC3)cc2)c(C)c1. The van der Waals surface area contributed by atoms with Crippen molar-refractivity contribution in [2.45, 2.75) is 50.5 Å². The number of benzene rings is 2. The van der Waals surface area contributed by atoms with Crippen LogP contribution >= 0.6 is 0 Å². The first kappa shape index (κ1) is 20.9. The number of rotatable bonds is 8. The first-order chi connectivity index (χ1) is 13.8. The van der Waals surface area contributed by atoms with Gasteiger partial charge in [0.1, 0.15) is 0 Å². The smallest absolute Gasteiger partial charge is 0.262 e. The van der Waals surface area contributed by atoms with Gasteiger partial charge in [0.05, 0.1) is 11.3 Å². The standard InChI is InChI=1S/C21H25N3O4S/c1-3-20(25)23-18-10-11-19(14(2)12-18)29(27,28)24-17-6-4-15(5-7-17)13-21(26)22-16-8-9-16/h4-7,10-12,16,24H,3,8-9,13H2,1-2H3,(H,22,26)(H,23,25). The first-order valence-corrected chi connectivity index (χ1v) is 11.1. The fraction of sp³-hybridized carbons (Fsp3) is 0.333. The molecule has 0 heterocycles. The van der Waals surface area contributed by atoms with Crippen LogP contribution in [0.3, 0.4) is 0 Å². The number of sulfonamides is 1. The zero-order valence-electron chi connectivity index (χ0n) is 16.5. The van der Waals surface area contributed by atoms with E-state index in [-0.39, 0.29) is 23.1 Å². The maximum Gasteiger partial charge on any atom is 0.262 e. The largest absolute Gasteiger partial charge is 0.353 e.